The molecule has 0 aliphatic heterocycles. The topological polar surface area (TPSA) is 46.9 Å². The first-order valence-corrected chi connectivity index (χ1v) is 9.21. The summed E-state index contributed by atoms with van der Waals surface area (Å²) in [6.07, 6.45) is 0. The molecule has 4 nitrogen and oxygen atoms in total. The highest BCUT2D eigenvalue weighted by molar-refractivity contribution is 6.04. The molecule has 1 amide bonds. The van der Waals surface area contributed by atoms with E-state index in [1.165, 1.54) is 0 Å². The fourth-order valence-corrected chi connectivity index (χ4v) is 3.17. The van der Waals surface area contributed by atoms with Gasteiger partial charge in [0.2, 0.25) is 0 Å². The Labute approximate surface area is 164 Å². The van der Waals surface area contributed by atoms with Crippen LogP contribution in [0.25, 0.3) is 16.9 Å². The number of para-hydroxylation sites is 1. The number of anilines is 1. The number of carbonyl (C=O) groups is 1. The van der Waals surface area contributed by atoms with Crippen LogP contribution < -0.4 is 5.32 Å². The highest BCUT2D eigenvalue weighted by Gasteiger charge is 2.12. The monoisotopic (exact) mass is 367 g/mol. The molecule has 4 aromatic rings. The summed E-state index contributed by atoms with van der Waals surface area (Å²) in [5, 5.41) is 7.59. The van der Waals surface area contributed by atoms with Crippen LogP contribution in [0.1, 0.15) is 21.6 Å². The smallest absolute Gasteiger partial charge is 0.255 e. The molecule has 3 aromatic carbocycles. The van der Waals surface area contributed by atoms with E-state index in [0.717, 1.165) is 33.9 Å². The molecule has 0 aliphatic carbocycles. The van der Waals surface area contributed by atoms with Crippen LogP contribution in [0.5, 0.6) is 0 Å². The van der Waals surface area contributed by atoms with E-state index in [0.29, 0.717) is 5.56 Å². The van der Waals surface area contributed by atoms with Gasteiger partial charge in [0.25, 0.3) is 5.91 Å². The zero-order chi connectivity index (χ0) is 19.5. The lowest BCUT2D eigenvalue weighted by atomic mass is 10.1. The quantitative estimate of drug-likeness (QED) is 0.524. The van der Waals surface area contributed by atoms with Gasteiger partial charge in [-0.1, -0.05) is 48.5 Å². The number of nitrogens with one attached hydrogen (secondary N) is 1. The average Bonchev–Trinajstić information content (AvgIpc) is 3.12. The van der Waals surface area contributed by atoms with Crippen molar-refractivity contribution < 1.29 is 4.79 Å². The number of amides is 1. The molecule has 0 unspecified atom stereocenters. The van der Waals surface area contributed by atoms with E-state index in [-0.39, 0.29) is 5.91 Å². The summed E-state index contributed by atoms with van der Waals surface area (Å²) < 4.78 is 1.91. The maximum Gasteiger partial charge on any atom is 0.255 e. The molecule has 0 radical (unpaired) electrons. The van der Waals surface area contributed by atoms with E-state index >= 15 is 0 Å². The summed E-state index contributed by atoms with van der Waals surface area (Å²) in [5.74, 6) is -0.124. The first kappa shape index (κ1) is 17.7. The SMILES string of the molecule is Cc1cc(-c2ccccc2)n(-c2ccc(C(=O)Nc3ccccc3C)cc2)n1. The van der Waals surface area contributed by atoms with Crippen LogP contribution in [-0.2, 0) is 0 Å². The number of hydrogen-bond donors (Lipinski definition) is 1. The van der Waals surface area contributed by atoms with Crippen molar-refractivity contribution in [3.8, 4) is 16.9 Å². The van der Waals surface area contributed by atoms with Crippen LogP contribution >= 0.6 is 0 Å². The minimum atomic E-state index is -0.124. The highest BCUT2D eigenvalue weighted by Crippen LogP contribution is 2.24. The molecule has 1 N–H and O–H groups in total. The molecule has 0 saturated heterocycles. The van der Waals surface area contributed by atoms with Crippen LogP contribution in [0.15, 0.2) is 84.9 Å². The normalized spacial score (nSPS) is 10.6. The predicted octanol–water partition coefficient (Wildman–Crippen LogP) is 5.41. The minimum Gasteiger partial charge on any atom is -0.322 e. The van der Waals surface area contributed by atoms with E-state index in [1.54, 1.807) is 0 Å². The summed E-state index contributed by atoms with van der Waals surface area (Å²) in [6.45, 7) is 3.96. The highest BCUT2D eigenvalue weighted by atomic mass is 16.1. The van der Waals surface area contributed by atoms with Gasteiger partial charge in [0.15, 0.2) is 0 Å². The average molecular weight is 367 g/mol. The molecule has 0 aliphatic rings. The Morgan fingerprint density at radius 3 is 2.25 bits per heavy atom. The van der Waals surface area contributed by atoms with Crippen molar-refractivity contribution in [1.29, 1.82) is 0 Å². The summed E-state index contributed by atoms with van der Waals surface area (Å²) in [7, 11) is 0. The number of nitrogens with zero attached hydrogens (tertiary/aromatic N) is 2. The van der Waals surface area contributed by atoms with Crippen molar-refractivity contribution >= 4 is 11.6 Å². The molecule has 0 atom stereocenters. The second-order valence-corrected chi connectivity index (χ2v) is 6.76. The molecule has 138 valence electrons. The van der Waals surface area contributed by atoms with Crippen LogP contribution in [0.3, 0.4) is 0 Å². The molecule has 28 heavy (non-hydrogen) atoms. The van der Waals surface area contributed by atoms with Gasteiger partial charge in [0, 0.05) is 16.8 Å². The number of rotatable bonds is 4. The Morgan fingerprint density at radius 1 is 0.857 bits per heavy atom. The molecular weight excluding hydrogens is 346 g/mol. The number of aromatic nitrogens is 2. The summed E-state index contributed by atoms with van der Waals surface area (Å²) in [4.78, 5) is 12.6. The van der Waals surface area contributed by atoms with Crippen molar-refractivity contribution in [3.05, 3.63) is 102 Å². The predicted molar refractivity (Wildman–Crippen MR) is 113 cm³/mol. The van der Waals surface area contributed by atoms with Crippen LogP contribution in [0.2, 0.25) is 0 Å². The first-order chi connectivity index (χ1) is 13.6. The van der Waals surface area contributed by atoms with Crippen molar-refractivity contribution in [2.75, 3.05) is 5.32 Å². The zero-order valence-corrected chi connectivity index (χ0v) is 15.9. The van der Waals surface area contributed by atoms with Crippen LogP contribution in [0, 0.1) is 13.8 Å². The summed E-state index contributed by atoms with van der Waals surface area (Å²) in [5.41, 5.74) is 6.45. The largest absolute Gasteiger partial charge is 0.322 e. The number of benzene rings is 3. The van der Waals surface area contributed by atoms with E-state index in [9.17, 15) is 4.79 Å². The molecular formula is C24H21N3O. The van der Waals surface area contributed by atoms with Crippen LogP contribution in [0.4, 0.5) is 5.69 Å². The lowest BCUT2D eigenvalue weighted by Gasteiger charge is -2.10. The third kappa shape index (κ3) is 3.58. The fourth-order valence-electron chi connectivity index (χ4n) is 3.17. The summed E-state index contributed by atoms with van der Waals surface area (Å²) in [6, 6.07) is 27.5. The van der Waals surface area contributed by atoms with Gasteiger partial charge in [-0.15, -0.1) is 0 Å². The maximum atomic E-state index is 12.6. The molecule has 0 spiro atoms. The number of hydrogen-bond acceptors (Lipinski definition) is 2. The van der Waals surface area contributed by atoms with Crippen LogP contribution in [-0.4, -0.2) is 15.7 Å². The molecule has 4 rings (SSSR count). The fraction of sp³-hybridized carbons (Fsp3) is 0.0833. The molecule has 0 saturated carbocycles. The standard InChI is InChI=1S/C24H21N3O/c1-17-8-6-7-11-22(17)25-24(28)20-12-14-21(15-13-20)27-23(16-18(2)26-27)19-9-4-3-5-10-19/h3-16H,1-2H3,(H,25,28). The third-order valence-electron chi connectivity index (χ3n) is 4.67. The van der Waals surface area contributed by atoms with Gasteiger partial charge in [0.05, 0.1) is 17.1 Å². The van der Waals surface area contributed by atoms with Crippen molar-refractivity contribution in [1.82, 2.24) is 9.78 Å². The van der Waals surface area contributed by atoms with Gasteiger partial charge in [-0.25, -0.2) is 4.68 Å². The molecule has 4 heteroatoms. The Kier molecular flexibility index (Phi) is 4.77. The second kappa shape index (κ2) is 7.53. The minimum absolute atomic E-state index is 0.124. The molecule has 1 aromatic heterocycles. The Balaban J connectivity index is 1.61. The van der Waals surface area contributed by atoms with Crippen molar-refractivity contribution in [2.24, 2.45) is 0 Å². The Hall–Kier alpha value is -3.66. The van der Waals surface area contributed by atoms with E-state index in [1.807, 2.05) is 85.3 Å². The molecule has 0 bridgehead atoms. The van der Waals surface area contributed by atoms with E-state index in [2.05, 4.69) is 28.6 Å². The van der Waals surface area contributed by atoms with Gasteiger partial charge in [-0.3, -0.25) is 4.79 Å². The third-order valence-corrected chi connectivity index (χ3v) is 4.67. The molecule has 1 heterocycles. The van der Waals surface area contributed by atoms with E-state index in [4.69, 9.17) is 0 Å². The van der Waals surface area contributed by atoms with Crippen molar-refractivity contribution in [2.45, 2.75) is 13.8 Å². The number of aryl methyl sites for hydroxylation is 2. The summed E-state index contributed by atoms with van der Waals surface area (Å²) >= 11 is 0. The maximum absolute atomic E-state index is 12.6. The first-order valence-electron chi connectivity index (χ1n) is 9.21. The van der Waals surface area contributed by atoms with E-state index < -0.39 is 0 Å². The van der Waals surface area contributed by atoms with Gasteiger partial charge in [-0.2, -0.15) is 5.10 Å². The van der Waals surface area contributed by atoms with Gasteiger partial charge >= 0.3 is 0 Å². The van der Waals surface area contributed by atoms with Gasteiger partial charge < -0.3 is 5.32 Å². The van der Waals surface area contributed by atoms with Crippen molar-refractivity contribution in [3.63, 3.8) is 0 Å². The Bertz CT molecular complexity index is 1110. The van der Waals surface area contributed by atoms with Gasteiger partial charge in [0.1, 0.15) is 0 Å². The lowest BCUT2D eigenvalue weighted by Crippen LogP contribution is -2.12. The second-order valence-electron chi connectivity index (χ2n) is 6.76. The Morgan fingerprint density at radius 2 is 1.54 bits per heavy atom. The van der Waals surface area contributed by atoms with Gasteiger partial charge in [-0.05, 0) is 55.8 Å². The molecule has 0 fully saturated rings. The lowest BCUT2D eigenvalue weighted by molar-refractivity contribution is 0.102. The number of carbonyl (C=O) groups excluding carboxylic acids is 1. The zero-order valence-electron chi connectivity index (χ0n) is 15.9.